The Kier molecular flexibility index (Phi) is 8.40. The lowest BCUT2D eigenvalue weighted by Crippen LogP contribution is -2.42. The van der Waals surface area contributed by atoms with Gasteiger partial charge in [-0.3, -0.25) is 14.9 Å². The van der Waals surface area contributed by atoms with Crippen LogP contribution >= 0.6 is 0 Å². The van der Waals surface area contributed by atoms with Gasteiger partial charge >= 0.3 is 12.0 Å². The zero-order valence-electron chi connectivity index (χ0n) is 17.7. The number of esters is 1. The summed E-state index contributed by atoms with van der Waals surface area (Å²) in [6.45, 7) is 0.952. The van der Waals surface area contributed by atoms with E-state index in [2.05, 4.69) is 5.32 Å². The molecule has 0 aliphatic heterocycles. The van der Waals surface area contributed by atoms with Crippen LogP contribution in [0.3, 0.4) is 0 Å². The average Bonchev–Trinajstić information content (AvgIpc) is 2.77. The van der Waals surface area contributed by atoms with Crippen LogP contribution in [0.5, 0.6) is 17.2 Å². The Bertz CT molecular complexity index is 1010. The molecular weight excluding hydrogens is 422 g/mol. The Balaban J connectivity index is 2.00. The lowest BCUT2D eigenvalue weighted by atomic mass is 10.2. The van der Waals surface area contributed by atoms with Gasteiger partial charge in [-0.2, -0.15) is 0 Å². The summed E-state index contributed by atoms with van der Waals surface area (Å²) in [5, 5.41) is 4.48. The maximum atomic E-state index is 12.3. The van der Waals surface area contributed by atoms with Crippen molar-refractivity contribution in [3.05, 3.63) is 48.0 Å². The van der Waals surface area contributed by atoms with Crippen LogP contribution in [0.25, 0.3) is 0 Å². The van der Waals surface area contributed by atoms with Crippen molar-refractivity contribution in [3.8, 4) is 17.2 Å². The largest absolute Gasteiger partial charge is 0.495 e. The third-order valence-electron chi connectivity index (χ3n) is 4.04. The number of hydrogen-bond donors (Lipinski definition) is 3. The molecule has 0 aliphatic carbocycles. The van der Waals surface area contributed by atoms with Gasteiger partial charge in [-0.25, -0.2) is 9.59 Å². The molecule has 2 rings (SSSR count). The summed E-state index contributed by atoms with van der Waals surface area (Å²) in [5.41, 5.74) is 5.41. The third-order valence-corrected chi connectivity index (χ3v) is 4.04. The first-order valence-corrected chi connectivity index (χ1v) is 9.30. The molecule has 0 unspecified atom stereocenters. The number of nitrogens with one attached hydrogen (secondary N) is 2. The Hall–Kier alpha value is -4.28. The number of anilines is 1. The highest BCUT2D eigenvalue weighted by molar-refractivity contribution is 5.98. The van der Waals surface area contributed by atoms with Crippen molar-refractivity contribution in [1.29, 1.82) is 0 Å². The van der Waals surface area contributed by atoms with Crippen LogP contribution in [0.4, 0.5) is 10.5 Å². The zero-order chi connectivity index (χ0) is 23.7. The highest BCUT2D eigenvalue weighted by Crippen LogP contribution is 2.29. The van der Waals surface area contributed by atoms with Gasteiger partial charge < -0.3 is 30.0 Å². The van der Waals surface area contributed by atoms with Crippen molar-refractivity contribution in [2.75, 3.05) is 26.1 Å². The molecule has 0 heterocycles. The number of para-hydroxylation sites is 2. The maximum absolute atomic E-state index is 12.3. The lowest BCUT2D eigenvalue weighted by Gasteiger charge is -2.14. The van der Waals surface area contributed by atoms with Crippen molar-refractivity contribution >= 4 is 29.5 Å². The first kappa shape index (κ1) is 24.0. The van der Waals surface area contributed by atoms with E-state index in [0.717, 1.165) is 0 Å². The van der Waals surface area contributed by atoms with Gasteiger partial charge in [-0.05, 0) is 37.3 Å². The Labute approximate surface area is 183 Å². The van der Waals surface area contributed by atoms with Crippen LogP contribution in [0, 0.1) is 0 Å². The second-order valence-electron chi connectivity index (χ2n) is 6.30. The molecule has 170 valence electrons. The Morgan fingerprint density at radius 3 is 2.31 bits per heavy atom. The number of imide groups is 1. The predicted octanol–water partition coefficient (Wildman–Crippen LogP) is 1.46. The number of carbonyl (C=O) groups excluding carboxylic acids is 4. The van der Waals surface area contributed by atoms with Crippen LogP contribution in [0.2, 0.25) is 0 Å². The van der Waals surface area contributed by atoms with Crippen molar-refractivity contribution in [1.82, 2.24) is 5.32 Å². The molecule has 0 spiro atoms. The number of benzene rings is 2. The minimum absolute atomic E-state index is 0.0615. The minimum atomic E-state index is -1.25. The maximum Gasteiger partial charge on any atom is 0.339 e. The molecule has 2 aromatic carbocycles. The molecule has 1 atom stereocenters. The second kappa shape index (κ2) is 11.2. The van der Waals surface area contributed by atoms with E-state index in [0.29, 0.717) is 11.4 Å². The van der Waals surface area contributed by atoms with E-state index in [9.17, 15) is 19.2 Å². The van der Waals surface area contributed by atoms with Crippen molar-refractivity contribution in [2.45, 2.75) is 13.0 Å². The topological polar surface area (TPSA) is 155 Å². The molecule has 4 N–H and O–H groups in total. The summed E-state index contributed by atoms with van der Waals surface area (Å²) in [5.74, 6) is -1.26. The number of amides is 4. The van der Waals surface area contributed by atoms with E-state index in [1.807, 2.05) is 5.32 Å². The van der Waals surface area contributed by atoms with Gasteiger partial charge in [0.25, 0.3) is 11.8 Å². The van der Waals surface area contributed by atoms with Crippen LogP contribution < -0.4 is 30.6 Å². The molecule has 0 saturated heterocycles. The monoisotopic (exact) mass is 445 g/mol. The van der Waals surface area contributed by atoms with E-state index >= 15 is 0 Å². The summed E-state index contributed by atoms with van der Waals surface area (Å²) >= 11 is 0. The molecule has 2 aromatic rings. The number of ether oxygens (including phenoxy) is 4. The van der Waals surface area contributed by atoms with Gasteiger partial charge in [0.05, 0.1) is 25.5 Å². The average molecular weight is 445 g/mol. The van der Waals surface area contributed by atoms with Crippen LogP contribution in [-0.4, -0.2) is 50.7 Å². The molecule has 0 aliphatic rings. The van der Waals surface area contributed by atoms with Crippen LogP contribution in [0.1, 0.15) is 17.3 Å². The fourth-order valence-corrected chi connectivity index (χ4v) is 2.50. The first-order valence-electron chi connectivity index (χ1n) is 9.30. The number of rotatable bonds is 9. The van der Waals surface area contributed by atoms with Gasteiger partial charge in [0.15, 0.2) is 24.2 Å². The van der Waals surface area contributed by atoms with Crippen molar-refractivity contribution in [2.24, 2.45) is 5.73 Å². The summed E-state index contributed by atoms with van der Waals surface area (Å²) in [7, 11) is 2.85. The summed E-state index contributed by atoms with van der Waals surface area (Å²) in [6, 6.07) is 9.96. The molecule has 4 amide bonds. The molecular formula is C21H23N3O8. The third kappa shape index (κ3) is 6.62. The zero-order valence-corrected chi connectivity index (χ0v) is 17.7. The van der Waals surface area contributed by atoms with E-state index in [4.69, 9.17) is 24.7 Å². The van der Waals surface area contributed by atoms with E-state index < -0.39 is 29.9 Å². The molecule has 11 nitrogen and oxygen atoms in total. The number of urea groups is 1. The van der Waals surface area contributed by atoms with E-state index in [1.54, 1.807) is 24.3 Å². The second-order valence-corrected chi connectivity index (χ2v) is 6.30. The molecule has 0 aromatic heterocycles. The standard InChI is InChI=1S/C21H23N3O8/c1-12(19(26)24-21(22)28)32-20(27)13-8-9-16(17(10-13)30-3)31-11-18(25)23-14-6-4-5-7-15(14)29-2/h4-10,12H,11H2,1-3H3,(H,23,25)(H3,22,24,26,28)/t12-/m0/s1. The quantitative estimate of drug-likeness (QED) is 0.490. The molecule has 0 radical (unpaired) electrons. The van der Waals surface area contributed by atoms with Gasteiger partial charge in [-0.1, -0.05) is 12.1 Å². The highest BCUT2D eigenvalue weighted by atomic mass is 16.5. The number of hydrogen-bond acceptors (Lipinski definition) is 8. The lowest BCUT2D eigenvalue weighted by molar-refractivity contribution is -0.127. The first-order chi connectivity index (χ1) is 15.2. The van der Waals surface area contributed by atoms with E-state index in [1.165, 1.54) is 39.3 Å². The van der Waals surface area contributed by atoms with Gasteiger partial charge in [0.1, 0.15) is 5.75 Å². The number of nitrogens with two attached hydrogens (primary N) is 1. The predicted molar refractivity (Wildman–Crippen MR) is 113 cm³/mol. The van der Waals surface area contributed by atoms with Gasteiger partial charge in [0, 0.05) is 0 Å². The Morgan fingerprint density at radius 2 is 1.66 bits per heavy atom. The normalized spacial score (nSPS) is 11.0. The molecule has 11 heteroatoms. The molecule has 0 bridgehead atoms. The van der Waals surface area contributed by atoms with Crippen LogP contribution in [0.15, 0.2) is 42.5 Å². The minimum Gasteiger partial charge on any atom is -0.495 e. The van der Waals surface area contributed by atoms with Gasteiger partial charge in [0.2, 0.25) is 0 Å². The highest BCUT2D eigenvalue weighted by Gasteiger charge is 2.21. The fourth-order valence-electron chi connectivity index (χ4n) is 2.50. The number of methoxy groups -OCH3 is 2. The van der Waals surface area contributed by atoms with E-state index in [-0.39, 0.29) is 23.7 Å². The Morgan fingerprint density at radius 1 is 0.969 bits per heavy atom. The van der Waals surface area contributed by atoms with Crippen molar-refractivity contribution in [3.63, 3.8) is 0 Å². The summed E-state index contributed by atoms with van der Waals surface area (Å²) < 4.78 is 20.9. The van der Waals surface area contributed by atoms with Crippen molar-refractivity contribution < 1.29 is 38.1 Å². The number of carbonyl (C=O) groups is 4. The molecule has 0 saturated carbocycles. The summed E-state index contributed by atoms with van der Waals surface area (Å²) in [6.07, 6.45) is -1.25. The molecule has 32 heavy (non-hydrogen) atoms. The SMILES string of the molecule is COc1ccccc1NC(=O)COc1ccc(C(=O)O[C@@H](C)C(=O)NC(N)=O)cc1OC. The molecule has 0 fully saturated rings. The summed E-state index contributed by atoms with van der Waals surface area (Å²) in [4.78, 5) is 46.8. The smallest absolute Gasteiger partial charge is 0.339 e. The number of primary amides is 1. The fraction of sp³-hybridized carbons (Fsp3) is 0.238. The van der Waals surface area contributed by atoms with Gasteiger partial charge in [-0.15, -0.1) is 0 Å². The van der Waals surface area contributed by atoms with Crippen LogP contribution in [-0.2, 0) is 14.3 Å².